The zero-order chi connectivity index (χ0) is 14.8. The molecule has 1 amide bonds. The van der Waals surface area contributed by atoms with Crippen LogP contribution in [0.25, 0.3) is 0 Å². The molecule has 2 fully saturated rings. The van der Waals surface area contributed by atoms with Gasteiger partial charge in [0.1, 0.15) is 5.82 Å². The minimum Gasteiger partial charge on any atom is -0.350 e. The van der Waals surface area contributed by atoms with Gasteiger partial charge in [-0.1, -0.05) is 17.7 Å². The van der Waals surface area contributed by atoms with Gasteiger partial charge in [-0.2, -0.15) is 0 Å². The highest BCUT2D eigenvalue weighted by Gasteiger charge is 2.34. The monoisotopic (exact) mass is 313 g/mol. The van der Waals surface area contributed by atoms with Crippen molar-refractivity contribution in [1.29, 1.82) is 0 Å². The van der Waals surface area contributed by atoms with Crippen LogP contribution in [0.1, 0.15) is 23.2 Å². The van der Waals surface area contributed by atoms with E-state index >= 15 is 0 Å². The predicted molar refractivity (Wildman–Crippen MR) is 75.7 cm³/mol. The first-order valence-corrected chi connectivity index (χ1v) is 7.51. The van der Waals surface area contributed by atoms with Crippen molar-refractivity contribution in [2.24, 2.45) is 5.92 Å². The third-order valence-corrected chi connectivity index (χ3v) is 4.27. The normalized spacial score (nSPS) is 23.5. The number of amides is 1. The van der Waals surface area contributed by atoms with Gasteiger partial charge in [0.2, 0.25) is 0 Å². The Morgan fingerprint density at radius 2 is 2.10 bits per heavy atom. The lowest BCUT2D eigenvalue weighted by Gasteiger charge is -2.34. The highest BCUT2D eigenvalue weighted by Crippen LogP contribution is 2.28. The van der Waals surface area contributed by atoms with Crippen LogP contribution in [-0.2, 0) is 9.47 Å². The minimum absolute atomic E-state index is 0.0481. The molecule has 4 nitrogen and oxygen atoms in total. The summed E-state index contributed by atoms with van der Waals surface area (Å²) in [7, 11) is 0. The summed E-state index contributed by atoms with van der Waals surface area (Å²) in [5.41, 5.74) is -0.0481. The van der Waals surface area contributed by atoms with E-state index in [1.54, 1.807) is 4.90 Å². The van der Waals surface area contributed by atoms with Crippen molar-refractivity contribution in [3.63, 3.8) is 0 Å². The molecule has 1 aromatic rings. The summed E-state index contributed by atoms with van der Waals surface area (Å²) in [6, 6.07) is 4.28. The fraction of sp³-hybridized carbons (Fsp3) is 0.533. The Kier molecular flexibility index (Phi) is 4.42. The maximum Gasteiger partial charge on any atom is 0.258 e. The summed E-state index contributed by atoms with van der Waals surface area (Å²) in [6.07, 6.45) is 1.54. The minimum atomic E-state index is -0.581. The molecule has 0 radical (unpaired) electrons. The molecular formula is C15H17ClFNO3. The molecule has 0 saturated carbocycles. The molecule has 0 aliphatic carbocycles. The summed E-state index contributed by atoms with van der Waals surface area (Å²) >= 11 is 5.97. The molecule has 0 bridgehead atoms. The number of hydrogen-bond donors (Lipinski definition) is 0. The van der Waals surface area contributed by atoms with Gasteiger partial charge in [0.15, 0.2) is 6.29 Å². The van der Waals surface area contributed by atoms with Crippen LogP contribution in [0.3, 0.4) is 0 Å². The third-order valence-electron chi connectivity index (χ3n) is 3.95. The number of hydrogen-bond acceptors (Lipinski definition) is 3. The van der Waals surface area contributed by atoms with Gasteiger partial charge in [0.25, 0.3) is 5.91 Å². The average molecular weight is 314 g/mol. The first kappa shape index (κ1) is 14.8. The Morgan fingerprint density at radius 3 is 2.81 bits per heavy atom. The van der Waals surface area contributed by atoms with Gasteiger partial charge in [-0.05, 0) is 25.0 Å². The van der Waals surface area contributed by atoms with Crippen LogP contribution in [0.4, 0.5) is 4.39 Å². The molecule has 2 aliphatic rings. The SMILES string of the molecule is O=C(c1c(F)cccc1Cl)N1CCCC(C2OCCO2)C1. The zero-order valence-corrected chi connectivity index (χ0v) is 12.3. The molecule has 2 heterocycles. The van der Waals surface area contributed by atoms with Crippen molar-refractivity contribution < 1.29 is 18.7 Å². The van der Waals surface area contributed by atoms with E-state index in [-0.39, 0.29) is 28.7 Å². The fourth-order valence-electron chi connectivity index (χ4n) is 2.93. The van der Waals surface area contributed by atoms with E-state index in [0.29, 0.717) is 26.3 Å². The number of carbonyl (C=O) groups excluding carboxylic acids is 1. The van der Waals surface area contributed by atoms with Gasteiger partial charge in [0, 0.05) is 19.0 Å². The molecule has 0 spiro atoms. The van der Waals surface area contributed by atoms with Gasteiger partial charge >= 0.3 is 0 Å². The number of rotatable bonds is 2. The molecule has 1 aromatic carbocycles. The van der Waals surface area contributed by atoms with Crippen LogP contribution in [-0.4, -0.2) is 43.4 Å². The van der Waals surface area contributed by atoms with Crippen LogP contribution in [0, 0.1) is 11.7 Å². The Labute approximate surface area is 127 Å². The second-order valence-corrected chi connectivity index (χ2v) is 5.77. The van der Waals surface area contributed by atoms with Crippen molar-refractivity contribution in [3.05, 3.63) is 34.6 Å². The van der Waals surface area contributed by atoms with E-state index < -0.39 is 5.82 Å². The van der Waals surface area contributed by atoms with E-state index in [1.165, 1.54) is 18.2 Å². The van der Waals surface area contributed by atoms with E-state index in [2.05, 4.69) is 0 Å². The number of nitrogens with zero attached hydrogens (tertiary/aromatic N) is 1. The predicted octanol–water partition coefficient (Wildman–Crippen LogP) is 2.70. The summed E-state index contributed by atoms with van der Waals surface area (Å²) in [5.74, 6) is -0.806. The van der Waals surface area contributed by atoms with Crippen molar-refractivity contribution in [2.45, 2.75) is 19.1 Å². The second-order valence-electron chi connectivity index (χ2n) is 5.36. The molecule has 0 aromatic heterocycles. The van der Waals surface area contributed by atoms with Gasteiger partial charge in [-0.25, -0.2) is 4.39 Å². The van der Waals surface area contributed by atoms with Crippen LogP contribution in [0.5, 0.6) is 0 Å². The van der Waals surface area contributed by atoms with Crippen LogP contribution < -0.4 is 0 Å². The van der Waals surface area contributed by atoms with E-state index in [4.69, 9.17) is 21.1 Å². The topological polar surface area (TPSA) is 38.8 Å². The molecular weight excluding hydrogens is 297 g/mol. The summed E-state index contributed by atoms with van der Waals surface area (Å²) in [6.45, 7) is 2.30. The van der Waals surface area contributed by atoms with Crippen molar-refractivity contribution >= 4 is 17.5 Å². The zero-order valence-electron chi connectivity index (χ0n) is 11.6. The van der Waals surface area contributed by atoms with Gasteiger partial charge in [-0.15, -0.1) is 0 Å². The molecule has 2 aliphatic heterocycles. The lowest BCUT2D eigenvalue weighted by Crippen LogP contribution is -2.44. The van der Waals surface area contributed by atoms with E-state index in [0.717, 1.165) is 12.8 Å². The Balaban J connectivity index is 1.75. The Morgan fingerprint density at radius 1 is 1.33 bits per heavy atom. The standard InChI is InChI=1S/C15H17ClFNO3/c16-11-4-1-5-12(17)13(11)14(19)18-6-2-3-10(9-18)15-20-7-8-21-15/h1,4-5,10,15H,2-3,6-9H2. The van der Waals surface area contributed by atoms with E-state index in [9.17, 15) is 9.18 Å². The maximum absolute atomic E-state index is 13.9. The van der Waals surface area contributed by atoms with Crippen LogP contribution in [0.2, 0.25) is 5.02 Å². The number of carbonyl (C=O) groups is 1. The molecule has 114 valence electrons. The summed E-state index contributed by atoms with van der Waals surface area (Å²) in [4.78, 5) is 14.2. The average Bonchev–Trinajstić information content (AvgIpc) is 3.01. The second kappa shape index (κ2) is 6.30. The van der Waals surface area contributed by atoms with Crippen molar-refractivity contribution in [1.82, 2.24) is 4.90 Å². The number of halogens is 2. The van der Waals surface area contributed by atoms with Crippen molar-refractivity contribution in [3.8, 4) is 0 Å². The number of likely N-dealkylation sites (tertiary alicyclic amines) is 1. The number of benzene rings is 1. The van der Waals surface area contributed by atoms with Gasteiger partial charge < -0.3 is 14.4 Å². The van der Waals surface area contributed by atoms with Crippen LogP contribution in [0.15, 0.2) is 18.2 Å². The van der Waals surface area contributed by atoms with Gasteiger partial charge in [-0.3, -0.25) is 4.79 Å². The Hall–Kier alpha value is -1.17. The lowest BCUT2D eigenvalue weighted by molar-refractivity contribution is -0.0969. The molecule has 21 heavy (non-hydrogen) atoms. The molecule has 2 saturated heterocycles. The molecule has 0 N–H and O–H groups in total. The van der Waals surface area contributed by atoms with E-state index in [1.807, 2.05) is 0 Å². The number of piperidine rings is 1. The number of ether oxygens (including phenoxy) is 2. The first-order chi connectivity index (χ1) is 10.2. The Bertz CT molecular complexity index is 513. The quantitative estimate of drug-likeness (QED) is 0.842. The first-order valence-electron chi connectivity index (χ1n) is 7.13. The maximum atomic E-state index is 13.9. The molecule has 1 atom stereocenters. The van der Waals surface area contributed by atoms with Crippen LogP contribution >= 0.6 is 11.6 Å². The third kappa shape index (κ3) is 3.05. The highest BCUT2D eigenvalue weighted by atomic mass is 35.5. The molecule has 1 unspecified atom stereocenters. The van der Waals surface area contributed by atoms with Crippen molar-refractivity contribution in [2.75, 3.05) is 26.3 Å². The summed E-state index contributed by atoms with van der Waals surface area (Å²) < 4.78 is 24.9. The fourth-order valence-corrected chi connectivity index (χ4v) is 3.17. The van der Waals surface area contributed by atoms with Gasteiger partial charge in [0.05, 0.1) is 23.8 Å². The lowest BCUT2D eigenvalue weighted by atomic mass is 9.96. The summed E-state index contributed by atoms with van der Waals surface area (Å²) in [5, 5.41) is 0.149. The molecule has 3 rings (SSSR count). The largest absolute Gasteiger partial charge is 0.350 e. The smallest absolute Gasteiger partial charge is 0.258 e. The highest BCUT2D eigenvalue weighted by molar-refractivity contribution is 6.33. The molecule has 6 heteroatoms.